The minimum Gasteiger partial charge on any atom is -0.356 e. The van der Waals surface area contributed by atoms with Gasteiger partial charge >= 0.3 is 0 Å². The Kier molecular flexibility index (Phi) is 8.26. The van der Waals surface area contributed by atoms with E-state index in [4.69, 9.17) is 0 Å². The van der Waals surface area contributed by atoms with Gasteiger partial charge in [0.25, 0.3) is 0 Å². The first kappa shape index (κ1) is 20.9. The van der Waals surface area contributed by atoms with Gasteiger partial charge in [-0.1, -0.05) is 19.1 Å². The maximum atomic E-state index is 11.7. The molecule has 1 heterocycles. The molecule has 2 rings (SSSR count). The van der Waals surface area contributed by atoms with Crippen LogP contribution in [0.4, 0.5) is 5.69 Å². The number of hydrogen-bond donors (Lipinski definition) is 3. The molecule has 0 aliphatic heterocycles. The normalized spacial score (nSPS) is 11.3. The van der Waals surface area contributed by atoms with E-state index in [1.807, 2.05) is 38.1 Å². The van der Waals surface area contributed by atoms with E-state index < -0.39 is 0 Å². The molecule has 1 aromatic heterocycles. The number of carbonyl (C=O) groups excluding carboxylic acids is 1. The minimum absolute atomic E-state index is 0.0488. The lowest BCUT2D eigenvalue weighted by atomic mass is 10.2. The van der Waals surface area contributed by atoms with Crippen LogP contribution in [0.25, 0.3) is 0 Å². The van der Waals surface area contributed by atoms with Gasteiger partial charge in [0.05, 0.1) is 10.7 Å². The van der Waals surface area contributed by atoms with E-state index in [0.717, 1.165) is 47.3 Å². The lowest BCUT2D eigenvalue weighted by molar-refractivity contribution is -0.116. The predicted octanol–water partition coefficient (Wildman–Crippen LogP) is 3.41. The molecule has 0 unspecified atom stereocenters. The molecule has 0 saturated heterocycles. The topological polar surface area (TPSA) is 78.4 Å². The number of aliphatic imine (C=N–C) groups is 1. The molecule has 6 nitrogen and oxygen atoms in total. The number of hydrogen-bond acceptors (Lipinski definition) is 4. The Morgan fingerprint density at radius 2 is 2.07 bits per heavy atom. The molecule has 0 aliphatic carbocycles. The Balaban J connectivity index is 1.80. The highest BCUT2D eigenvalue weighted by Gasteiger charge is 2.05. The van der Waals surface area contributed by atoms with Crippen molar-refractivity contribution in [2.24, 2.45) is 4.99 Å². The van der Waals surface area contributed by atoms with Crippen LogP contribution in [0.3, 0.4) is 0 Å². The number of thiazole rings is 1. The number of nitrogens with zero attached hydrogens (tertiary/aromatic N) is 2. The lowest BCUT2D eigenvalue weighted by Crippen LogP contribution is -2.37. The highest BCUT2D eigenvalue weighted by Crippen LogP contribution is 2.16. The summed E-state index contributed by atoms with van der Waals surface area (Å²) < 4.78 is 0. The Hall–Kier alpha value is -2.41. The second kappa shape index (κ2) is 10.7. The summed E-state index contributed by atoms with van der Waals surface area (Å²) >= 11 is 1.75. The molecule has 0 spiro atoms. The second-order valence-corrected chi connectivity index (χ2v) is 7.64. The number of benzene rings is 1. The average Bonchev–Trinajstić information content (AvgIpc) is 2.96. The molecule has 7 heteroatoms. The zero-order valence-electron chi connectivity index (χ0n) is 16.6. The van der Waals surface area contributed by atoms with Gasteiger partial charge in [-0.3, -0.25) is 9.79 Å². The van der Waals surface area contributed by atoms with Crippen molar-refractivity contribution in [1.29, 1.82) is 0 Å². The Labute approximate surface area is 165 Å². The molecular weight excluding hydrogens is 358 g/mol. The molecule has 27 heavy (non-hydrogen) atoms. The van der Waals surface area contributed by atoms with Gasteiger partial charge < -0.3 is 16.0 Å². The number of guanidine groups is 1. The van der Waals surface area contributed by atoms with Crippen LogP contribution >= 0.6 is 11.3 Å². The molecule has 0 bridgehead atoms. The maximum absolute atomic E-state index is 11.7. The number of anilines is 1. The number of carbonyl (C=O) groups is 1. The smallest absolute Gasteiger partial charge is 0.224 e. The van der Waals surface area contributed by atoms with E-state index in [1.165, 1.54) is 4.88 Å². The Morgan fingerprint density at radius 1 is 1.26 bits per heavy atom. The van der Waals surface area contributed by atoms with Crippen LogP contribution in [0.5, 0.6) is 0 Å². The van der Waals surface area contributed by atoms with Crippen molar-refractivity contribution in [3.05, 3.63) is 45.4 Å². The predicted molar refractivity (Wildman–Crippen MR) is 113 cm³/mol. The van der Waals surface area contributed by atoms with Crippen LogP contribution in [-0.2, 0) is 17.8 Å². The summed E-state index contributed by atoms with van der Waals surface area (Å²) in [6.45, 7) is 7.55. The third-order valence-electron chi connectivity index (χ3n) is 4.08. The molecule has 3 N–H and O–H groups in total. The van der Waals surface area contributed by atoms with E-state index >= 15 is 0 Å². The van der Waals surface area contributed by atoms with Gasteiger partial charge in [-0.2, -0.15) is 0 Å². The molecule has 2 aromatic rings. The van der Waals surface area contributed by atoms with Crippen LogP contribution in [0, 0.1) is 13.8 Å². The zero-order valence-corrected chi connectivity index (χ0v) is 17.4. The largest absolute Gasteiger partial charge is 0.356 e. The summed E-state index contributed by atoms with van der Waals surface area (Å²) in [5.74, 6) is 0.799. The quantitative estimate of drug-likeness (QED) is 0.479. The van der Waals surface area contributed by atoms with Gasteiger partial charge in [0, 0.05) is 43.5 Å². The van der Waals surface area contributed by atoms with Crippen molar-refractivity contribution < 1.29 is 4.79 Å². The minimum atomic E-state index is 0.0488. The standard InChI is InChI=1S/C20H29N5OS/c1-5-7-18(26)25-17-9-6-8-16(12-17)13-23-20(21-4)22-11-10-19-24-14(2)15(3)27-19/h6,8-9,12H,5,7,10-11,13H2,1-4H3,(H,25,26)(H2,21,22,23). The second-order valence-electron chi connectivity index (χ2n) is 6.35. The molecular formula is C20H29N5OS. The maximum Gasteiger partial charge on any atom is 0.224 e. The number of rotatable bonds is 8. The zero-order chi connectivity index (χ0) is 19.6. The summed E-state index contributed by atoms with van der Waals surface area (Å²) in [6.07, 6.45) is 2.26. The number of nitrogens with one attached hydrogen (secondary N) is 3. The summed E-state index contributed by atoms with van der Waals surface area (Å²) in [6, 6.07) is 7.86. The first-order chi connectivity index (χ1) is 13.0. The lowest BCUT2D eigenvalue weighted by Gasteiger charge is -2.12. The van der Waals surface area contributed by atoms with Crippen LogP contribution in [0.1, 0.15) is 40.9 Å². The molecule has 146 valence electrons. The van der Waals surface area contributed by atoms with Crippen molar-refractivity contribution in [2.45, 2.75) is 46.6 Å². The van der Waals surface area contributed by atoms with Gasteiger partial charge in [-0.05, 0) is 38.0 Å². The molecule has 0 fully saturated rings. The Bertz CT molecular complexity index is 765. The SMILES string of the molecule is CCCC(=O)Nc1cccc(CNC(=NC)NCCc2nc(C)c(C)s2)c1. The monoisotopic (exact) mass is 387 g/mol. The molecule has 0 atom stereocenters. The van der Waals surface area contributed by atoms with Crippen LogP contribution in [-0.4, -0.2) is 30.4 Å². The third-order valence-corrected chi connectivity index (χ3v) is 5.21. The fourth-order valence-electron chi connectivity index (χ4n) is 2.55. The molecule has 1 aromatic carbocycles. The van der Waals surface area contributed by atoms with E-state index in [2.05, 4.69) is 32.9 Å². The van der Waals surface area contributed by atoms with Crippen LogP contribution in [0.2, 0.25) is 0 Å². The van der Waals surface area contributed by atoms with E-state index in [1.54, 1.807) is 18.4 Å². The number of aryl methyl sites for hydroxylation is 2. The van der Waals surface area contributed by atoms with E-state index in [9.17, 15) is 4.79 Å². The summed E-state index contributed by atoms with van der Waals surface area (Å²) in [4.78, 5) is 21.8. The van der Waals surface area contributed by atoms with Gasteiger partial charge in [-0.25, -0.2) is 4.98 Å². The van der Waals surface area contributed by atoms with Crippen molar-refractivity contribution >= 4 is 28.9 Å². The summed E-state index contributed by atoms with van der Waals surface area (Å²) in [7, 11) is 1.76. The molecule has 1 amide bonds. The van der Waals surface area contributed by atoms with Crippen LogP contribution in [0.15, 0.2) is 29.3 Å². The van der Waals surface area contributed by atoms with Gasteiger partial charge in [0.1, 0.15) is 0 Å². The first-order valence-electron chi connectivity index (χ1n) is 9.28. The first-order valence-corrected chi connectivity index (χ1v) is 10.1. The van der Waals surface area contributed by atoms with Gasteiger partial charge in [0.2, 0.25) is 5.91 Å². The van der Waals surface area contributed by atoms with Gasteiger partial charge in [-0.15, -0.1) is 11.3 Å². The highest BCUT2D eigenvalue weighted by atomic mass is 32.1. The van der Waals surface area contributed by atoms with Crippen LogP contribution < -0.4 is 16.0 Å². The Morgan fingerprint density at radius 3 is 2.74 bits per heavy atom. The number of aromatic nitrogens is 1. The van der Waals surface area contributed by atoms with Crippen molar-refractivity contribution in [1.82, 2.24) is 15.6 Å². The van der Waals surface area contributed by atoms with Crippen molar-refractivity contribution in [3.8, 4) is 0 Å². The molecule has 0 radical (unpaired) electrons. The highest BCUT2D eigenvalue weighted by molar-refractivity contribution is 7.11. The fraction of sp³-hybridized carbons (Fsp3) is 0.450. The van der Waals surface area contributed by atoms with Crippen molar-refractivity contribution in [2.75, 3.05) is 18.9 Å². The average molecular weight is 388 g/mol. The fourth-order valence-corrected chi connectivity index (χ4v) is 3.48. The summed E-state index contributed by atoms with van der Waals surface area (Å²) in [5.41, 5.74) is 3.02. The third kappa shape index (κ3) is 7.02. The molecule has 0 aliphatic rings. The van der Waals surface area contributed by atoms with E-state index in [0.29, 0.717) is 13.0 Å². The van der Waals surface area contributed by atoms with Gasteiger partial charge in [0.15, 0.2) is 5.96 Å². The van der Waals surface area contributed by atoms with E-state index in [-0.39, 0.29) is 5.91 Å². The summed E-state index contributed by atoms with van der Waals surface area (Å²) in [5, 5.41) is 10.7. The number of amides is 1. The van der Waals surface area contributed by atoms with Crippen molar-refractivity contribution in [3.63, 3.8) is 0 Å². The molecule has 0 saturated carbocycles.